The van der Waals surface area contributed by atoms with Crippen LogP contribution in [0.25, 0.3) is 21.9 Å². The van der Waals surface area contributed by atoms with E-state index in [-0.39, 0.29) is 12.5 Å². The van der Waals surface area contributed by atoms with E-state index in [9.17, 15) is 4.79 Å². The number of nitrogens with zero attached hydrogens (tertiary/aromatic N) is 5. The second kappa shape index (κ2) is 7.38. The lowest BCUT2D eigenvalue weighted by molar-refractivity contribution is -0.127. The summed E-state index contributed by atoms with van der Waals surface area (Å²) < 4.78 is 1.96. The van der Waals surface area contributed by atoms with Gasteiger partial charge in [-0.2, -0.15) is 0 Å². The van der Waals surface area contributed by atoms with Crippen LogP contribution >= 0.6 is 11.3 Å². The minimum Gasteiger partial charge on any atom is -0.395 e. The van der Waals surface area contributed by atoms with Crippen molar-refractivity contribution >= 4 is 34.2 Å². The fourth-order valence-electron chi connectivity index (χ4n) is 3.09. The number of carbonyl (C=O) groups excluding carboxylic acids is 1. The average molecular weight is 372 g/mol. The van der Waals surface area contributed by atoms with Crippen LogP contribution in [0.2, 0.25) is 0 Å². The number of nitrogens with one attached hydrogen (secondary N) is 1. The predicted molar refractivity (Wildman–Crippen MR) is 100 cm³/mol. The summed E-state index contributed by atoms with van der Waals surface area (Å²) in [5.74, 6) is 1.46. The Kier molecular flexibility index (Phi) is 4.81. The first kappa shape index (κ1) is 16.9. The third kappa shape index (κ3) is 3.27. The average Bonchev–Trinajstić information content (AvgIpc) is 3.39. The van der Waals surface area contributed by atoms with E-state index in [1.165, 1.54) is 0 Å². The lowest BCUT2D eigenvalue weighted by atomic mass is 10.4. The number of thiophene rings is 1. The topological polar surface area (TPSA) is 96.2 Å². The number of carbonyl (C=O) groups is 1. The molecular formula is C17H20N6O2S. The first-order valence-corrected chi connectivity index (χ1v) is 9.53. The summed E-state index contributed by atoms with van der Waals surface area (Å²) in [6.45, 7) is 2.53. The molecule has 0 spiro atoms. The van der Waals surface area contributed by atoms with Gasteiger partial charge in [0.1, 0.15) is 5.52 Å². The second-order valence-electron chi connectivity index (χ2n) is 6.12. The summed E-state index contributed by atoms with van der Waals surface area (Å²) in [7, 11) is 0. The van der Waals surface area contributed by atoms with Crippen LogP contribution in [-0.2, 0) is 11.3 Å². The molecule has 1 fully saturated rings. The van der Waals surface area contributed by atoms with Crippen molar-refractivity contribution in [2.45, 2.75) is 19.4 Å². The van der Waals surface area contributed by atoms with Crippen molar-refractivity contribution in [2.24, 2.45) is 0 Å². The summed E-state index contributed by atoms with van der Waals surface area (Å²) in [6, 6.07) is 3.94. The van der Waals surface area contributed by atoms with Gasteiger partial charge in [0.15, 0.2) is 17.3 Å². The molecule has 26 heavy (non-hydrogen) atoms. The molecule has 0 atom stereocenters. The van der Waals surface area contributed by atoms with Crippen LogP contribution in [0.15, 0.2) is 23.8 Å². The maximum absolute atomic E-state index is 11.8. The highest BCUT2D eigenvalue weighted by Gasteiger charge is 2.20. The molecule has 0 radical (unpaired) electrons. The van der Waals surface area contributed by atoms with Crippen LogP contribution in [0, 0.1) is 0 Å². The smallest absolute Gasteiger partial charge is 0.222 e. The van der Waals surface area contributed by atoms with Crippen molar-refractivity contribution in [1.82, 2.24) is 24.4 Å². The normalized spacial score (nSPS) is 14.5. The zero-order valence-electron chi connectivity index (χ0n) is 14.3. The quantitative estimate of drug-likeness (QED) is 0.654. The van der Waals surface area contributed by atoms with E-state index in [0.29, 0.717) is 43.2 Å². The molecule has 8 nitrogen and oxygen atoms in total. The molecule has 1 amide bonds. The van der Waals surface area contributed by atoms with Gasteiger partial charge >= 0.3 is 0 Å². The Labute approximate surface area is 154 Å². The van der Waals surface area contributed by atoms with E-state index in [4.69, 9.17) is 10.1 Å². The number of rotatable bonds is 7. The van der Waals surface area contributed by atoms with Crippen LogP contribution in [0.1, 0.15) is 12.8 Å². The van der Waals surface area contributed by atoms with Gasteiger partial charge in [-0.15, -0.1) is 11.3 Å². The maximum atomic E-state index is 11.8. The van der Waals surface area contributed by atoms with Crippen LogP contribution in [0.5, 0.6) is 0 Å². The van der Waals surface area contributed by atoms with Crippen LogP contribution in [0.3, 0.4) is 0 Å². The SMILES string of the molecule is O=C1CCCN1CCn1cnc2c(NCCO)nc(-c3cccs3)nc21. The Morgan fingerprint density at radius 1 is 1.31 bits per heavy atom. The number of imidazole rings is 1. The van der Waals surface area contributed by atoms with Crippen molar-refractivity contribution in [3.05, 3.63) is 23.8 Å². The Hall–Kier alpha value is -2.52. The number of anilines is 1. The minimum atomic E-state index is 0.0115. The molecule has 3 aromatic heterocycles. The molecule has 0 aliphatic carbocycles. The van der Waals surface area contributed by atoms with Crippen molar-refractivity contribution in [2.75, 3.05) is 31.6 Å². The molecule has 4 heterocycles. The number of fused-ring (bicyclic) bond motifs is 1. The number of aliphatic hydroxyl groups excluding tert-OH is 1. The van der Waals surface area contributed by atoms with Gasteiger partial charge < -0.3 is 19.9 Å². The first-order valence-electron chi connectivity index (χ1n) is 8.65. The monoisotopic (exact) mass is 372 g/mol. The predicted octanol–water partition coefficient (Wildman–Crippen LogP) is 1.58. The molecule has 4 rings (SSSR count). The minimum absolute atomic E-state index is 0.0115. The molecule has 0 aromatic carbocycles. The zero-order chi connectivity index (χ0) is 17.9. The number of hydrogen-bond donors (Lipinski definition) is 2. The molecule has 2 N–H and O–H groups in total. The van der Waals surface area contributed by atoms with E-state index < -0.39 is 0 Å². The second-order valence-corrected chi connectivity index (χ2v) is 7.07. The highest BCUT2D eigenvalue weighted by atomic mass is 32.1. The van der Waals surface area contributed by atoms with Crippen LogP contribution in [-0.4, -0.2) is 61.7 Å². The van der Waals surface area contributed by atoms with E-state index in [2.05, 4.69) is 15.3 Å². The molecule has 1 aliphatic rings. The Bertz CT molecular complexity index is 908. The summed E-state index contributed by atoms with van der Waals surface area (Å²) in [6.07, 6.45) is 3.32. The molecule has 9 heteroatoms. The van der Waals surface area contributed by atoms with E-state index in [0.717, 1.165) is 23.5 Å². The van der Waals surface area contributed by atoms with E-state index >= 15 is 0 Å². The summed E-state index contributed by atoms with van der Waals surface area (Å²) in [5.41, 5.74) is 1.40. The summed E-state index contributed by atoms with van der Waals surface area (Å²) >= 11 is 1.57. The third-order valence-corrected chi connectivity index (χ3v) is 5.26. The van der Waals surface area contributed by atoms with Crippen LogP contribution < -0.4 is 5.32 Å². The first-order chi connectivity index (χ1) is 12.8. The maximum Gasteiger partial charge on any atom is 0.222 e. The van der Waals surface area contributed by atoms with Crippen molar-refractivity contribution in [3.8, 4) is 10.7 Å². The van der Waals surface area contributed by atoms with Gasteiger partial charge in [0, 0.05) is 32.6 Å². The molecule has 0 saturated carbocycles. The lowest BCUT2D eigenvalue weighted by Crippen LogP contribution is -2.28. The fourth-order valence-corrected chi connectivity index (χ4v) is 3.75. The highest BCUT2D eigenvalue weighted by Crippen LogP contribution is 2.27. The van der Waals surface area contributed by atoms with E-state index in [1.807, 2.05) is 27.0 Å². The van der Waals surface area contributed by atoms with Gasteiger partial charge in [0.25, 0.3) is 0 Å². The van der Waals surface area contributed by atoms with Gasteiger partial charge in [-0.05, 0) is 17.9 Å². The highest BCUT2D eigenvalue weighted by molar-refractivity contribution is 7.13. The largest absolute Gasteiger partial charge is 0.395 e. The van der Waals surface area contributed by atoms with E-state index in [1.54, 1.807) is 17.7 Å². The van der Waals surface area contributed by atoms with Crippen molar-refractivity contribution in [1.29, 1.82) is 0 Å². The van der Waals surface area contributed by atoms with Crippen LogP contribution in [0.4, 0.5) is 5.82 Å². The van der Waals surface area contributed by atoms with Gasteiger partial charge in [0.05, 0.1) is 17.8 Å². The molecule has 1 saturated heterocycles. The fraction of sp³-hybridized carbons (Fsp3) is 0.412. The van der Waals surface area contributed by atoms with Gasteiger partial charge in [-0.1, -0.05) is 6.07 Å². The zero-order valence-corrected chi connectivity index (χ0v) is 15.1. The molecular weight excluding hydrogens is 352 g/mol. The number of aliphatic hydroxyl groups is 1. The summed E-state index contributed by atoms with van der Waals surface area (Å²) in [5, 5.41) is 14.2. The van der Waals surface area contributed by atoms with Crippen molar-refractivity contribution < 1.29 is 9.90 Å². The Balaban J connectivity index is 1.67. The third-order valence-electron chi connectivity index (χ3n) is 4.39. The molecule has 1 aliphatic heterocycles. The lowest BCUT2D eigenvalue weighted by Gasteiger charge is -2.15. The summed E-state index contributed by atoms with van der Waals surface area (Å²) in [4.78, 5) is 28.4. The molecule has 0 bridgehead atoms. The van der Waals surface area contributed by atoms with Gasteiger partial charge in [-0.25, -0.2) is 15.0 Å². The molecule has 136 valence electrons. The number of hydrogen-bond acceptors (Lipinski definition) is 7. The number of amides is 1. The standard InChI is InChI=1S/C17H20N6O2S/c24-9-5-18-16-14-17(21-15(20-16)12-3-2-10-26-12)23(11-19-14)8-7-22-6-1-4-13(22)25/h2-3,10-11,24H,1,4-9H2,(H,18,20,21). The Morgan fingerprint density at radius 3 is 2.96 bits per heavy atom. The Morgan fingerprint density at radius 2 is 2.23 bits per heavy atom. The number of likely N-dealkylation sites (tertiary alicyclic amines) is 1. The van der Waals surface area contributed by atoms with Crippen molar-refractivity contribution in [3.63, 3.8) is 0 Å². The number of aromatic nitrogens is 4. The van der Waals surface area contributed by atoms with Gasteiger partial charge in [0.2, 0.25) is 5.91 Å². The molecule has 3 aromatic rings. The molecule has 0 unspecified atom stereocenters. The van der Waals surface area contributed by atoms with Gasteiger partial charge in [-0.3, -0.25) is 4.79 Å².